The van der Waals surface area contributed by atoms with Gasteiger partial charge in [0.25, 0.3) is 10.0 Å². The van der Waals surface area contributed by atoms with E-state index >= 15 is 0 Å². The average Bonchev–Trinajstić information content (AvgIpc) is 3.45. The summed E-state index contributed by atoms with van der Waals surface area (Å²) in [6, 6.07) is 18.4. The zero-order valence-electron chi connectivity index (χ0n) is 24.1. The van der Waals surface area contributed by atoms with E-state index in [1.807, 2.05) is 38.1 Å². The largest absolute Gasteiger partial charge is 0.352 e. The third-order valence-corrected chi connectivity index (χ3v) is 10.0. The van der Waals surface area contributed by atoms with Crippen LogP contribution in [-0.4, -0.2) is 43.8 Å². The van der Waals surface area contributed by atoms with Crippen LogP contribution in [0.1, 0.15) is 54.9 Å². The molecule has 4 rings (SSSR count). The van der Waals surface area contributed by atoms with Crippen LogP contribution in [0.5, 0.6) is 0 Å². The molecule has 1 fully saturated rings. The molecule has 0 spiro atoms. The number of sulfonamides is 1. The van der Waals surface area contributed by atoms with Gasteiger partial charge in [0.15, 0.2) is 0 Å². The van der Waals surface area contributed by atoms with Crippen molar-refractivity contribution in [3.63, 3.8) is 0 Å². The smallest absolute Gasteiger partial charge is 0.264 e. The van der Waals surface area contributed by atoms with Crippen LogP contribution in [0.3, 0.4) is 0 Å². The first-order chi connectivity index (χ1) is 19.5. The molecular weight excluding hydrogens is 558 g/mol. The number of hydrogen-bond donors (Lipinski definition) is 1. The lowest BCUT2D eigenvalue weighted by Crippen LogP contribution is -2.52. The van der Waals surface area contributed by atoms with E-state index in [0.29, 0.717) is 16.3 Å². The predicted molar refractivity (Wildman–Crippen MR) is 163 cm³/mol. The zero-order chi connectivity index (χ0) is 29.7. The minimum absolute atomic E-state index is 0.0627. The van der Waals surface area contributed by atoms with Crippen LogP contribution in [-0.2, 0) is 26.2 Å². The van der Waals surface area contributed by atoms with Gasteiger partial charge in [-0.3, -0.25) is 13.9 Å². The quantitative estimate of drug-likeness (QED) is 0.314. The Hall–Kier alpha value is -3.36. The number of hydrogen-bond acceptors (Lipinski definition) is 4. The van der Waals surface area contributed by atoms with E-state index in [1.165, 1.54) is 17.0 Å². The SMILES string of the molecule is Cc1ccc(S(=O)(=O)N(CC(=O)N(Cc2ccccc2C)[C@@H](C)C(=O)NC2CCCC2)c2cccc(Cl)c2C)cc1. The Morgan fingerprint density at radius 2 is 1.61 bits per heavy atom. The molecule has 0 heterocycles. The third-order valence-electron chi connectivity index (χ3n) is 7.87. The second-order valence-corrected chi connectivity index (χ2v) is 13.1. The maximum atomic E-state index is 14.2. The van der Waals surface area contributed by atoms with Crippen molar-refractivity contribution in [2.75, 3.05) is 10.8 Å². The van der Waals surface area contributed by atoms with Crippen molar-refractivity contribution < 1.29 is 18.0 Å². The van der Waals surface area contributed by atoms with E-state index in [-0.39, 0.29) is 23.4 Å². The summed E-state index contributed by atoms with van der Waals surface area (Å²) in [4.78, 5) is 29.1. The van der Waals surface area contributed by atoms with E-state index in [9.17, 15) is 18.0 Å². The normalized spacial score (nSPS) is 14.5. The molecule has 2 amide bonds. The maximum Gasteiger partial charge on any atom is 0.264 e. The van der Waals surface area contributed by atoms with Gasteiger partial charge in [-0.05, 0) is 81.5 Å². The molecule has 3 aromatic carbocycles. The summed E-state index contributed by atoms with van der Waals surface area (Å²) in [5, 5.41) is 3.48. The van der Waals surface area contributed by atoms with Crippen LogP contribution in [0, 0.1) is 20.8 Å². The fourth-order valence-corrected chi connectivity index (χ4v) is 6.80. The van der Waals surface area contributed by atoms with Gasteiger partial charge >= 0.3 is 0 Å². The highest BCUT2D eigenvalue weighted by molar-refractivity contribution is 7.92. The summed E-state index contributed by atoms with van der Waals surface area (Å²) in [5.74, 6) is -0.733. The Bertz CT molecular complexity index is 1500. The Kier molecular flexibility index (Phi) is 9.76. The number of benzene rings is 3. The highest BCUT2D eigenvalue weighted by atomic mass is 35.5. The van der Waals surface area contributed by atoms with Crippen molar-refractivity contribution in [3.05, 3.63) is 94.0 Å². The van der Waals surface area contributed by atoms with Crippen molar-refractivity contribution in [3.8, 4) is 0 Å². The monoisotopic (exact) mass is 595 g/mol. The van der Waals surface area contributed by atoms with Gasteiger partial charge in [0.1, 0.15) is 12.6 Å². The van der Waals surface area contributed by atoms with Crippen LogP contribution in [0.15, 0.2) is 71.6 Å². The standard InChI is InChI=1S/C32H38ClN3O4S/c1-22-16-18-28(19-17-22)41(39,40)36(30-15-9-14-29(33)24(30)3)21-31(37)35(20-26-11-6-5-10-23(26)2)25(4)32(38)34-27-12-7-8-13-27/h5-6,9-11,14-19,25,27H,7-8,12-13,20-21H2,1-4H3,(H,34,38)/t25-/m0/s1. The summed E-state index contributed by atoms with van der Waals surface area (Å²) in [6.45, 7) is 6.92. The Morgan fingerprint density at radius 1 is 0.951 bits per heavy atom. The lowest BCUT2D eigenvalue weighted by atomic mass is 10.1. The molecule has 0 bridgehead atoms. The van der Waals surface area contributed by atoms with E-state index in [2.05, 4.69) is 5.32 Å². The molecule has 1 N–H and O–H groups in total. The van der Waals surface area contributed by atoms with Gasteiger partial charge in [-0.15, -0.1) is 0 Å². The molecule has 0 aromatic heterocycles. The lowest BCUT2D eigenvalue weighted by Gasteiger charge is -2.33. The minimum atomic E-state index is -4.16. The highest BCUT2D eigenvalue weighted by Crippen LogP contribution is 2.31. The van der Waals surface area contributed by atoms with Crippen molar-refractivity contribution >= 4 is 39.1 Å². The summed E-state index contributed by atoms with van der Waals surface area (Å²) in [7, 11) is -4.16. The number of nitrogens with one attached hydrogen (secondary N) is 1. The molecular formula is C32H38ClN3O4S. The molecule has 0 radical (unpaired) electrons. The molecule has 0 saturated heterocycles. The molecule has 0 aliphatic heterocycles. The summed E-state index contributed by atoms with van der Waals surface area (Å²) in [6.07, 6.45) is 3.97. The van der Waals surface area contributed by atoms with Gasteiger partial charge in [-0.25, -0.2) is 8.42 Å². The van der Waals surface area contributed by atoms with E-state index < -0.39 is 28.5 Å². The molecule has 1 saturated carbocycles. The molecule has 1 atom stereocenters. The lowest BCUT2D eigenvalue weighted by molar-refractivity contribution is -0.139. The number of amides is 2. The molecule has 0 unspecified atom stereocenters. The topological polar surface area (TPSA) is 86.8 Å². The predicted octanol–water partition coefficient (Wildman–Crippen LogP) is 5.94. The molecule has 7 nitrogen and oxygen atoms in total. The molecule has 218 valence electrons. The van der Waals surface area contributed by atoms with E-state index in [0.717, 1.165) is 46.7 Å². The number of carbonyl (C=O) groups is 2. The second kappa shape index (κ2) is 13.1. The fraction of sp³-hybridized carbons (Fsp3) is 0.375. The number of carbonyl (C=O) groups excluding carboxylic acids is 2. The Labute approximate surface area is 248 Å². The van der Waals surface area contributed by atoms with Gasteiger partial charge in [0.2, 0.25) is 11.8 Å². The number of aryl methyl sites for hydroxylation is 2. The molecule has 1 aliphatic carbocycles. The van der Waals surface area contributed by atoms with Crippen molar-refractivity contribution in [2.24, 2.45) is 0 Å². The molecule has 41 heavy (non-hydrogen) atoms. The summed E-state index contributed by atoms with van der Waals surface area (Å²) < 4.78 is 29.2. The fourth-order valence-electron chi connectivity index (χ4n) is 5.16. The first-order valence-electron chi connectivity index (χ1n) is 14.0. The van der Waals surface area contributed by atoms with E-state index in [1.54, 1.807) is 44.2 Å². The van der Waals surface area contributed by atoms with Crippen molar-refractivity contribution in [1.29, 1.82) is 0 Å². The van der Waals surface area contributed by atoms with Crippen LogP contribution < -0.4 is 9.62 Å². The van der Waals surface area contributed by atoms with Crippen LogP contribution in [0.2, 0.25) is 5.02 Å². The van der Waals surface area contributed by atoms with Gasteiger partial charge in [0, 0.05) is 17.6 Å². The number of rotatable bonds is 10. The molecule has 3 aromatic rings. The highest BCUT2D eigenvalue weighted by Gasteiger charge is 2.34. The summed E-state index contributed by atoms with van der Waals surface area (Å²) in [5.41, 5.74) is 3.62. The number of anilines is 1. The first kappa shape index (κ1) is 30.6. The number of halogens is 1. The minimum Gasteiger partial charge on any atom is -0.352 e. The molecule has 9 heteroatoms. The molecule has 1 aliphatic rings. The van der Waals surface area contributed by atoms with Crippen LogP contribution in [0.25, 0.3) is 0 Å². The zero-order valence-corrected chi connectivity index (χ0v) is 25.6. The number of nitrogens with zero attached hydrogens (tertiary/aromatic N) is 2. The summed E-state index contributed by atoms with van der Waals surface area (Å²) >= 11 is 6.40. The maximum absolute atomic E-state index is 14.2. The van der Waals surface area contributed by atoms with Gasteiger partial charge < -0.3 is 10.2 Å². The Morgan fingerprint density at radius 3 is 2.27 bits per heavy atom. The first-order valence-corrected chi connectivity index (χ1v) is 15.8. The van der Waals surface area contributed by atoms with Gasteiger partial charge in [0.05, 0.1) is 10.6 Å². The van der Waals surface area contributed by atoms with Gasteiger partial charge in [-0.2, -0.15) is 0 Å². The van der Waals surface area contributed by atoms with Crippen molar-refractivity contribution in [1.82, 2.24) is 10.2 Å². The van der Waals surface area contributed by atoms with Crippen LogP contribution >= 0.6 is 11.6 Å². The average molecular weight is 596 g/mol. The second-order valence-electron chi connectivity index (χ2n) is 10.8. The van der Waals surface area contributed by atoms with Crippen LogP contribution in [0.4, 0.5) is 5.69 Å². The van der Waals surface area contributed by atoms with Gasteiger partial charge in [-0.1, -0.05) is 72.5 Å². The van der Waals surface area contributed by atoms with Crippen molar-refractivity contribution in [2.45, 2.75) is 76.9 Å². The van der Waals surface area contributed by atoms with E-state index in [4.69, 9.17) is 11.6 Å². The Balaban J connectivity index is 1.73. The third kappa shape index (κ3) is 7.11.